The summed E-state index contributed by atoms with van der Waals surface area (Å²) in [5, 5.41) is 3.57. The molecule has 2 aliphatic rings. The highest BCUT2D eigenvalue weighted by Crippen LogP contribution is 2.20. The molecule has 0 amide bonds. The van der Waals surface area contributed by atoms with E-state index in [1.54, 1.807) is 7.11 Å². The summed E-state index contributed by atoms with van der Waals surface area (Å²) in [7, 11) is 3.62. The molecular weight excluding hydrogens is 350 g/mol. The van der Waals surface area contributed by atoms with E-state index in [1.807, 2.05) is 19.2 Å². The molecule has 2 aliphatic heterocycles. The molecule has 1 unspecified atom stereocenters. The summed E-state index contributed by atoms with van der Waals surface area (Å²) in [5.41, 5.74) is 1.29. The van der Waals surface area contributed by atoms with Gasteiger partial charge in [-0.15, -0.1) is 0 Å². The zero-order chi connectivity index (χ0) is 19.8. The number of ether oxygens (including phenoxy) is 1. The van der Waals surface area contributed by atoms with Crippen LogP contribution in [0, 0.1) is 5.92 Å². The number of piperazine rings is 1. The predicted molar refractivity (Wildman–Crippen MR) is 118 cm³/mol. The fraction of sp³-hybridized carbons (Fsp3) is 0.682. The number of methoxy groups -OCH3 is 1. The van der Waals surface area contributed by atoms with Crippen LogP contribution in [0.3, 0.4) is 0 Å². The van der Waals surface area contributed by atoms with Gasteiger partial charge in [-0.2, -0.15) is 0 Å². The summed E-state index contributed by atoms with van der Waals surface area (Å²) in [4.78, 5) is 11.9. The van der Waals surface area contributed by atoms with E-state index in [-0.39, 0.29) is 0 Å². The lowest BCUT2D eigenvalue weighted by molar-refractivity contribution is 0.251. The van der Waals surface area contributed by atoms with Crippen molar-refractivity contribution >= 4 is 11.6 Å². The molecule has 1 atom stereocenters. The molecule has 2 fully saturated rings. The molecule has 2 heterocycles. The standard InChI is InChI=1S/C22H37N5O/c1-19-6-4-13-27(18-19)22(23-2)24-11-5-12-25-14-16-26(17-15-25)20-7-9-21(28-3)10-8-20/h7-10,19H,4-6,11-18H2,1-3H3,(H,23,24). The first-order chi connectivity index (χ1) is 13.7. The normalized spacial score (nSPS) is 21.7. The fourth-order valence-electron chi connectivity index (χ4n) is 4.24. The van der Waals surface area contributed by atoms with Crippen molar-refractivity contribution in [1.29, 1.82) is 0 Å². The van der Waals surface area contributed by atoms with E-state index in [4.69, 9.17) is 4.74 Å². The molecule has 6 heteroatoms. The molecule has 1 N–H and O–H groups in total. The van der Waals surface area contributed by atoms with Gasteiger partial charge in [0.05, 0.1) is 7.11 Å². The Morgan fingerprint density at radius 3 is 2.54 bits per heavy atom. The first-order valence-corrected chi connectivity index (χ1v) is 10.8. The van der Waals surface area contributed by atoms with Crippen molar-refractivity contribution in [1.82, 2.24) is 15.1 Å². The number of piperidine rings is 1. The Balaban J connectivity index is 1.34. The Kier molecular flexibility index (Phi) is 7.83. The number of nitrogens with zero attached hydrogens (tertiary/aromatic N) is 4. The van der Waals surface area contributed by atoms with Gasteiger partial charge in [0.1, 0.15) is 5.75 Å². The maximum absolute atomic E-state index is 5.25. The number of guanidine groups is 1. The van der Waals surface area contributed by atoms with E-state index >= 15 is 0 Å². The van der Waals surface area contributed by atoms with Gasteiger partial charge in [0, 0.05) is 58.5 Å². The van der Waals surface area contributed by atoms with Gasteiger partial charge in [-0.25, -0.2) is 0 Å². The molecule has 6 nitrogen and oxygen atoms in total. The zero-order valence-electron chi connectivity index (χ0n) is 17.9. The predicted octanol–water partition coefficient (Wildman–Crippen LogP) is 2.51. The monoisotopic (exact) mass is 387 g/mol. The van der Waals surface area contributed by atoms with Crippen LogP contribution >= 0.6 is 0 Å². The van der Waals surface area contributed by atoms with E-state index < -0.39 is 0 Å². The minimum Gasteiger partial charge on any atom is -0.497 e. The Bertz CT molecular complexity index is 610. The number of hydrogen-bond acceptors (Lipinski definition) is 4. The van der Waals surface area contributed by atoms with Crippen molar-refractivity contribution in [2.24, 2.45) is 10.9 Å². The topological polar surface area (TPSA) is 43.3 Å². The Morgan fingerprint density at radius 2 is 1.89 bits per heavy atom. The van der Waals surface area contributed by atoms with Gasteiger partial charge < -0.3 is 19.9 Å². The van der Waals surface area contributed by atoms with Crippen molar-refractivity contribution in [2.75, 3.05) is 71.4 Å². The summed E-state index contributed by atoms with van der Waals surface area (Å²) < 4.78 is 5.25. The molecule has 156 valence electrons. The zero-order valence-corrected chi connectivity index (χ0v) is 17.9. The number of likely N-dealkylation sites (tertiary alicyclic amines) is 1. The largest absolute Gasteiger partial charge is 0.497 e. The van der Waals surface area contributed by atoms with Crippen LogP contribution in [0.5, 0.6) is 5.75 Å². The van der Waals surface area contributed by atoms with Gasteiger partial charge in [0.2, 0.25) is 0 Å². The summed E-state index contributed by atoms with van der Waals surface area (Å²) >= 11 is 0. The van der Waals surface area contributed by atoms with Crippen LogP contribution in [0.25, 0.3) is 0 Å². The van der Waals surface area contributed by atoms with E-state index in [9.17, 15) is 0 Å². The number of benzene rings is 1. The van der Waals surface area contributed by atoms with E-state index in [2.05, 4.69) is 44.1 Å². The first kappa shape index (κ1) is 20.8. The van der Waals surface area contributed by atoms with Gasteiger partial charge in [-0.1, -0.05) is 6.92 Å². The van der Waals surface area contributed by atoms with Crippen LogP contribution in [-0.4, -0.2) is 82.3 Å². The van der Waals surface area contributed by atoms with Crippen LogP contribution in [0.1, 0.15) is 26.2 Å². The minimum atomic E-state index is 0.772. The SMILES string of the molecule is CN=C(NCCCN1CCN(c2ccc(OC)cc2)CC1)N1CCCC(C)C1. The highest BCUT2D eigenvalue weighted by molar-refractivity contribution is 5.79. The molecule has 0 bridgehead atoms. The minimum absolute atomic E-state index is 0.772. The van der Waals surface area contributed by atoms with Crippen molar-refractivity contribution in [3.8, 4) is 5.75 Å². The summed E-state index contributed by atoms with van der Waals surface area (Å²) in [6.45, 7) is 11.2. The smallest absolute Gasteiger partial charge is 0.193 e. The summed E-state index contributed by atoms with van der Waals surface area (Å²) in [5.74, 6) is 2.77. The second kappa shape index (κ2) is 10.6. The van der Waals surface area contributed by atoms with Gasteiger partial charge in [-0.05, 0) is 56.0 Å². The Labute approximate surface area is 170 Å². The summed E-state index contributed by atoms with van der Waals surface area (Å²) in [6.07, 6.45) is 3.78. The van der Waals surface area contributed by atoms with Crippen LogP contribution in [0.2, 0.25) is 0 Å². The number of aliphatic imine (C=N–C) groups is 1. The molecule has 0 saturated carbocycles. The second-order valence-electron chi connectivity index (χ2n) is 8.05. The molecule has 1 aromatic carbocycles. The van der Waals surface area contributed by atoms with Crippen LogP contribution in [0.15, 0.2) is 29.3 Å². The van der Waals surface area contributed by atoms with Gasteiger partial charge >= 0.3 is 0 Å². The highest BCUT2D eigenvalue weighted by atomic mass is 16.5. The summed E-state index contributed by atoms with van der Waals surface area (Å²) in [6, 6.07) is 8.41. The third-order valence-corrected chi connectivity index (χ3v) is 5.91. The van der Waals surface area contributed by atoms with E-state index in [0.717, 1.165) is 76.4 Å². The third-order valence-electron chi connectivity index (χ3n) is 5.91. The molecule has 0 aromatic heterocycles. The lowest BCUT2D eigenvalue weighted by atomic mass is 10.0. The lowest BCUT2D eigenvalue weighted by Crippen LogP contribution is -2.48. The maximum atomic E-state index is 5.25. The van der Waals surface area contributed by atoms with Crippen molar-refractivity contribution < 1.29 is 4.74 Å². The molecule has 0 aliphatic carbocycles. The molecule has 1 aromatic rings. The average molecular weight is 388 g/mol. The number of nitrogens with one attached hydrogen (secondary N) is 1. The molecule has 2 saturated heterocycles. The second-order valence-corrected chi connectivity index (χ2v) is 8.05. The lowest BCUT2D eigenvalue weighted by Gasteiger charge is -2.36. The van der Waals surface area contributed by atoms with Gasteiger partial charge in [0.25, 0.3) is 0 Å². The molecule has 0 spiro atoms. The average Bonchev–Trinajstić information content (AvgIpc) is 2.74. The molecular formula is C22H37N5O. The molecule has 28 heavy (non-hydrogen) atoms. The number of anilines is 1. The van der Waals surface area contributed by atoms with Gasteiger partial charge in [0.15, 0.2) is 5.96 Å². The van der Waals surface area contributed by atoms with Gasteiger partial charge in [-0.3, -0.25) is 9.89 Å². The van der Waals surface area contributed by atoms with Crippen LogP contribution < -0.4 is 15.0 Å². The number of hydrogen-bond donors (Lipinski definition) is 1. The maximum Gasteiger partial charge on any atom is 0.193 e. The first-order valence-electron chi connectivity index (χ1n) is 10.8. The van der Waals surface area contributed by atoms with Crippen molar-refractivity contribution in [2.45, 2.75) is 26.2 Å². The molecule has 0 radical (unpaired) electrons. The van der Waals surface area contributed by atoms with Crippen LogP contribution in [-0.2, 0) is 0 Å². The van der Waals surface area contributed by atoms with Crippen molar-refractivity contribution in [3.05, 3.63) is 24.3 Å². The Hall–Kier alpha value is -1.95. The third kappa shape index (κ3) is 5.77. The Morgan fingerprint density at radius 1 is 1.14 bits per heavy atom. The highest BCUT2D eigenvalue weighted by Gasteiger charge is 2.19. The molecule has 3 rings (SSSR count). The quantitative estimate of drug-likeness (QED) is 0.462. The fourth-order valence-corrected chi connectivity index (χ4v) is 4.24. The van der Waals surface area contributed by atoms with Crippen LogP contribution in [0.4, 0.5) is 5.69 Å². The van der Waals surface area contributed by atoms with Crippen molar-refractivity contribution in [3.63, 3.8) is 0 Å². The van der Waals surface area contributed by atoms with E-state index in [0.29, 0.717) is 0 Å². The van der Waals surface area contributed by atoms with E-state index in [1.165, 1.54) is 18.5 Å². The number of rotatable bonds is 6.